The normalized spacial score (nSPS) is 19.8. The molecule has 0 unspecified atom stereocenters. The molecule has 148 valence electrons. The van der Waals surface area contributed by atoms with Crippen LogP contribution in [0.5, 0.6) is 5.75 Å². The van der Waals surface area contributed by atoms with Crippen LogP contribution in [0.2, 0.25) is 0 Å². The van der Waals surface area contributed by atoms with Gasteiger partial charge in [-0.15, -0.1) is 0 Å². The first-order valence-corrected chi connectivity index (χ1v) is 9.73. The summed E-state index contributed by atoms with van der Waals surface area (Å²) in [6, 6.07) is 18.5. The van der Waals surface area contributed by atoms with E-state index >= 15 is 0 Å². The molecule has 1 heterocycles. The fourth-order valence-electron chi connectivity index (χ4n) is 3.71. The van der Waals surface area contributed by atoms with Crippen LogP contribution in [0.15, 0.2) is 60.7 Å². The third-order valence-corrected chi connectivity index (χ3v) is 5.14. The van der Waals surface area contributed by atoms with E-state index in [-0.39, 0.29) is 18.0 Å². The SMILES string of the molecule is CNC(=O)[C@@H]1C[C@H](NC/C=C/c2ccccc2OC)CN1Cc1ccccc1. The van der Waals surface area contributed by atoms with Crippen molar-refractivity contribution in [1.29, 1.82) is 0 Å². The van der Waals surface area contributed by atoms with Gasteiger partial charge in [0.2, 0.25) is 5.91 Å². The number of rotatable bonds is 8. The third kappa shape index (κ3) is 5.21. The van der Waals surface area contributed by atoms with Gasteiger partial charge in [-0.1, -0.05) is 60.7 Å². The van der Waals surface area contributed by atoms with E-state index in [0.29, 0.717) is 0 Å². The molecule has 2 aromatic rings. The molecule has 5 heteroatoms. The zero-order chi connectivity index (χ0) is 19.8. The second-order valence-corrected chi connectivity index (χ2v) is 7.03. The molecule has 0 spiro atoms. The van der Waals surface area contributed by atoms with Crippen molar-refractivity contribution < 1.29 is 9.53 Å². The predicted molar refractivity (Wildman–Crippen MR) is 113 cm³/mol. The Morgan fingerprint density at radius 1 is 1.18 bits per heavy atom. The Labute approximate surface area is 167 Å². The number of likely N-dealkylation sites (N-methyl/N-ethyl adjacent to an activating group) is 1. The van der Waals surface area contributed by atoms with Crippen LogP contribution in [0.3, 0.4) is 0 Å². The number of hydrogen-bond acceptors (Lipinski definition) is 4. The van der Waals surface area contributed by atoms with E-state index in [9.17, 15) is 4.79 Å². The number of benzene rings is 2. The van der Waals surface area contributed by atoms with Crippen LogP contribution in [0.1, 0.15) is 17.5 Å². The lowest BCUT2D eigenvalue weighted by Crippen LogP contribution is -2.41. The molecule has 0 radical (unpaired) electrons. The minimum atomic E-state index is -0.0964. The van der Waals surface area contributed by atoms with Crippen molar-refractivity contribution in [2.45, 2.75) is 25.0 Å². The van der Waals surface area contributed by atoms with Gasteiger partial charge in [-0.25, -0.2) is 0 Å². The summed E-state index contributed by atoms with van der Waals surface area (Å²) in [5.74, 6) is 0.957. The maximum absolute atomic E-state index is 12.3. The average molecular weight is 380 g/mol. The van der Waals surface area contributed by atoms with Crippen molar-refractivity contribution in [1.82, 2.24) is 15.5 Å². The first kappa shape index (κ1) is 20.1. The third-order valence-electron chi connectivity index (χ3n) is 5.14. The number of nitrogens with zero attached hydrogens (tertiary/aromatic N) is 1. The van der Waals surface area contributed by atoms with E-state index in [2.05, 4.69) is 39.8 Å². The summed E-state index contributed by atoms with van der Waals surface area (Å²) in [5.41, 5.74) is 2.29. The van der Waals surface area contributed by atoms with Gasteiger partial charge in [0.05, 0.1) is 13.2 Å². The standard InChI is InChI=1S/C23H29N3O2/c1-24-23(27)21-15-20(17-26(21)16-18-9-4-3-5-10-18)25-14-8-12-19-11-6-7-13-22(19)28-2/h3-13,20-21,25H,14-17H2,1-2H3,(H,24,27)/b12-8+/t20-,21-/m0/s1. The molecule has 1 saturated heterocycles. The van der Waals surface area contributed by atoms with Gasteiger partial charge in [0.1, 0.15) is 5.75 Å². The second-order valence-electron chi connectivity index (χ2n) is 7.03. The van der Waals surface area contributed by atoms with Gasteiger partial charge in [-0.2, -0.15) is 0 Å². The topological polar surface area (TPSA) is 53.6 Å². The first-order valence-electron chi connectivity index (χ1n) is 9.73. The molecule has 1 aliphatic rings. The molecule has 0 aromatic heterocycles. The fourth-order valence-corrected chi connectivity index (χ4v) is 3.71. The van der Waals surface area contributed by atoms with Gasteiger partial charge in [-0.05, 0) is 18.1 Å². The molecule has 1 fully saturated rings. The molecule has 1 aliphatic heterocycles. The average Bonchev–Trinajstić information content (AvgIpc) is 3.14. The number of nitrogens with one attached hydrogen (secondary N) is 2. The lowest BCUT2D eigenvalue weighted by Gasteiger charge is -2.22. The van der Waals surface area contributed by atoms with Crippen LogP contribution >= 0.6 is 0 Å². The van der Waals surface area contributed by atoms with Gasteiger partial charge >= 0.3 is 0 Å². The Morgan fingerprint density at radius 2 is 1.93 bits per heavy atom. The first-order chi connectivity index (χ1) is 13.7. The summed E-state index contributed by atoms with van der Waals surface area (Å²) in [5, 5.41) is 6.37. The minimum Gasteiger partial charge on any atom is -0.496 e. The van der Waals surface area contributed by atoms with E-state index in [4.69, 9.17) is 4.74 Å². The van der Waals surface area contributed by atoms with E-state index in [1.165, 1.54) is 5.56 Å². The number of methoxy groups -OCH3 is 1. The van der Waals surface area contributed by atoms with E-state index < -0.39 is 0 Å². The van der Waals surface area contributed by atoms with Crippen molar-refractivity contribution in [3.05, 3.63) is 71.8 Å². The maximum atomic E-state index is 12.3. The summed E-state index contributed by atoms with van der Waals surface area (Å²) in [4.78, 5) is 14.6. The summed E-state index contributed by atoms with van der Waals surface area (Å²) in [7, 11) is 3.39. The number of carbonyl (C=O) groups is 1. The molecule has 5 nitrogen and oxygen atoms in total. The van der Waals surface area contributed by atoms with Crippen LogP contribution in [0.4, 0.5) is 0 Å². The second kappa shape index (κ2) is 10.1. The molecular formula is C23H29N3O2. The Hall–Kier alpha value is -2.63. The minimum absolute atomic E-state index is 0.0878. The summed E-state index contributed by atoms with van der Waals surface area (Å²) < 4.78 is 5.38. The van der Waals surface area contributed by atoms with Crippen LogP contribution in [0.25, 0.3) is 6.08 Å². The summed E-state index contributed by atoms with van der Waals surface area (Å²) in [6.07, 6.45) is 4.99. The molecule has 2 atom stereocenters. The van der Waals surface area contributed by atoms with Crippen LogP contribution in [0, 0.1) is 0 Å². The number of para-hydroxylation sites is 1. The van der Waals surface area contributed by atoms with Crippen LogP contribution in [-0.4, -0.2) is 50.1 Å². The summed E-state index contributed by atoms with van der Waals surface area (Å²) in [6.45, 7) is 2.39. The monoisotopic (exact) mass is 379 g/mol. The highest BCUT2D eigenvalue weighted by molar-refractivity contribution is 5.81. The highest BCUT2D eigenvalue weighted by atomic mass is 16.5. The lowest BCUT2D eigenvalue weighted by atomic mass is 10.1. The van der Waals surface area contributed by atoms with Crippen molar-refractivity contribution >= 4 is 12.0 Å². The Kier molecular flexibility index (Phi) is 7.23. The molecular weight excluding hydrogens is 350 g/mol. The Morgan fingerprint density at radius 3 is 2.68 bits per heavy atom. The van der Waals surface area contributed by atoms with Crippen molar-refractivity contribution in [2.75, 3.05) is 27.2 Å². The lowest BCUT2D eigenvalue weighted by molar-refractivity contribution is -0.125. The van der Waals surface area contributed by atoms with E-state index in [0.717, 1.165) is 37.4 Å². The molecule has 0 aliphatic carbocycles. The summed E-state index contributed by atoms with van der Waals surface area (Å²) >= 11 is 0. The number of hydrogen-bond donors (Lipinski definition) is 2. The van der Waals surface area contributed by atoms with Gasteiger partial charge in [0.25, 0.3) is 0 Å². The van der Waals surface area contributed by atoms with E-state index in [1.807, 2.05) is 42.5 Å². The maximum Gasteiger partial charge on any atom is 0.237 e. The highest BCUT2D eigenvalue weighted by Gasteiger charge is 2.35. The smallest absolute Gasteiger partial charge is 0.237 e. The predicted octanol–water partition coefficient (Wildman–Crippen LogP) is 2.69. The molecule has 1 amide bonds. The van der Waals surface area contributed by atoms with Crippen LogP contribution < -0.4 is 15.4 Å². The van der Waals surface area contributed by atoms with Gasteiger partial charge in [0, 0.05) is 38.3 Å². The van der Waals surface area contributed by atoms with Crippen LogP contribution in [-0.2, 0) is 11.3 Å². The zero-order valence-corrected chi connectivity index (χ0v) is 16.6. The number of carbonyl (C=O) groups excluding carboxylic acids is 1. The fraction of sp³-hybridized carbons (Fsp3) is 0.348. The van der Waals surface area contributed by atoms with Crippen molar-refractivity contribution in [3.63, 3.8) is 0 Å². The zero-order valence-electron chi connectivity index (χ0n) is 16.6. The molecule has 2 N–H and O–H groups in total. The Balaban J connectivity index is 1.57. The number of ether oxygens (including phenoxy) is 1. The number of likely N-dealkylation sites (tertiary alicyclic amines) is 1. The molecule has 2 aromatic carbocycles. The molecule has 0 saturated carbocycles. The van der Waals surface area contributed by atoms with Gasteiger partial charge < -0.3 is 15.4 Å². The number of amides is 1. The molecule has 3 rings (SSSR count). The largest absolute Gasteiger partial charge is 0.496 e. The van der Waals surface area contributed by atoms with Crippen molar-refractivity contribution in [2.24, 2.45) is 0 Å². The Bertz CT molecular complexity index is 791. The molecule has 0 bridgehead atoms. The van der Waals surface area contributed by atoms with Gasteiger partial charge in [-0.3, -0.25) is 9.69 Å². The molecule has 28 heavy (non-hydrogen) atoms. The quantitative estimate of drug-likeness (QED) is 0.741. The highest BCUT2D eigenvalue weighted by Crippen LogP contribution is 2.21. The van der Waals surface area contributed by atoms with Crippen molar-refractivity contribution in [3.8, 4) is 5.75 Å². The van der Waals surface area contributed by atoms with Gasteiger partial charge in [0.15, 0.2) is 0 Å². The van der Waals surface area contributed by atoms with E-state index in [1.54, 1.807) is 14.2 Å².